The van der Waals surface area contributed by atoms with Gasteiger partial charge in [0.1, 0.15) is 11.4 Å². The van der Waals surface area contributed by atoms with Crippen molar-refractivity contribution in [1.82, 2.24) is 10.2 Å². The topological polar surface area (TPSA) is 61.8 Å². The first kappa shape index (κ1) is 18.1. The van der Waals surface area contributed by atoms with Crippen LogP contribution in [0, 0.1) is 0 Å². The van der Waals surface area contributed by atoms with E-state index in [-0.39, 0.29) is 12.1 Å². The summed E-state index contributed by atoms with van der Waals surface area (Å²) in [5, 5.41) is 13.4. The Morgan fingerprint density at radius 3 is 2.76 bits per heavy atom. The Morgan fingerprint density at radius 2 is 2.08 bits per heavy atom. The molecule has 2 aliphatic rings. The van der Waals surface area contributed by atoms with Gasteiger partial charge in [0.15, 0.2) is 0 Å². The van der Waals surface area contributed by atoms with Gasteiger partial charge in [-0.05, 0) is 76.6 Å². The minimum atomic E-state index is -0.453. The van der Waals surface area contributed by atoms with Crippen molar-refractivity contribution in [3.63, 3.8) is 0 Å². The molecule has 0 radical (unpaired) electrons. The zero-order valence-electron chi connectivity index (χ0n) is 15.7. The average molecular weight is 346 g/mol. The molecule has 1 heterocycles. The number of aryl methyl sites for hydroxylation is 1. The van der Waals surface area contributed by atoms with E-state index in [0.717, 1.165) is 32.2 Å². The van der Waals surface area contributed by atoms with Gasteiger partial charge >= 0.3 is 6.09 Å². The number of amides is 1. The Bertz CT molecular complexity index is 638. The third-order valence-electron chi connectivity index (χ3n) is 5.15. The Kier molecular flexibility index (Phi) is 4.96. The number of phenolic OH excluding ortho intramolecular Hbond substituents is 1. The van der Waals surface area contributed by atoms with Gasteiger partial charge in [-0.3, -0.25) is 0 Å². The monoisotopic (exact) mass is 346 g/mol. The summed E-state index contributed by atoms with van der Waals surface area (Å²) in [4.78, 5) is 14.2. The highest BCUT2D eigenvalue weighted by atomic mass is 16.6. The molecule has 0 bridgehead atoms. The SMILES string of the molecule is CC1CC(NC2CCc3cc(O)ccc32)CCN1C(=O)OC(C)(C)C. The van der Waals surface area contributed by atoms with Crippen molar-refractivity contribution in [3.8, 4) is 5.75 Å². The van der Waals surface area contributed by atoms with Crippen LogP contribution in [-0.4, -0.2) is 40.3 Å². The molecule has 3 atom stereocenters. The number of carbonyl (C=O) groups excluding carboxylic acids is 1. The molecular weight excluding hydrogens is 316 g/mol. The van der Waals surface area contributed by atoms with E-state index >= 15 is 0 Å². The maximum Gasteiger partial charge on any atom is 0.410 e. The lowest BCUT2D eigenvalue weighted by molar-refractivity contribution is 0.00897. The molecular formula is C20H30N2O3. The van der Waals surface area contributed by atoms with Gasteiger partial charge in [0.05, 0.1) is 0 Å². The first-order valence-corrected chi connectivity index (χ1v) is 9.30. The Hall–Kier alpha value is -1.75. The molecule has 1 aromatic carbocycles. The van der Waals surface area contributed by atoms with Gasteiger partial charge in [-0.1, -0.05) is 6.07 Å². The number of rotatable bonds is 2. The van der Waals surface area contributed by atoms with E-state index in [2.05, 4.69) is 12.2 Å². The summed E-state index contributed by atoms with van der Waals surface area (Å²) in [6.45, 7) is 8.53. The summed E-state index contributed by atoms with van der Waals surface area (Å²) in [6.07, 6.45) is 3.74. The molecule has 3 rings (SSSR count). The van der Waals surface area contributed by atoms with E-state index in [4.69, 9.17) is 4.74 Å². The standard InChI is InChI=1S/C20H30N2O3/c1-13-11-15(9-10-22(13)19(24)25-20(2,3)4)21-18-8-5-14-12-16(23)6-7-17(14)18/h6-7,12-13,15,18,21,23H,5,8-11H2,1-4H3. The maximum absolute atomic E-state index is 12.3. The molecule has 2 N–H and O–H groups in total. The number of phenols is 1. The van der Waals surface area contributed by atoms with Gasteiger partial charge < -0.3 is 20.1 Å². The molecule has 1 fully saturated rings. The number of nitrogens with one attached hydrogen (secondary N) is 1. The third-order valence-corrected chi connectivity index (χ3v) is 5.15. The molecule has 5 heteroatoms. The fourth-order valence-electron chi connectivity index (χ4n) is 3.98. The number of hydrogen-bond acceptors (Lipinski definition) is 4. The van der Waals surface area contributed by atoms with Crippen LogP contribution in [0.4, 0.5) is 4.79 Å². The number of carbonyl (C=O) groups is 1. The summed E-state index contributed by atoms with van der Waals surface area (Å²) < 4.78 is 5.52. The van der Waals surface area contributed by atoms with E-state index in [1.165, 1.54) is 11.1 Å². The lowest BCUT2D eigenvalue weighted by Gasteiger charge is -2.39. The number of likely N-dealkylation sites (tertiary alicyclic amines) is 1. The number of fused-ring (bicyclic) bond motifs is 1. The molecule has 0 saturated carbocycles. The summed E-state index contributed by atoms with van der Waals surface area (Å²) in [6, 6.07) is 6.60. The number of piperidine rings is 1. The highest BCUT2D eigenvalue weighted by Gasteiger charge is 2.33. The normalized spacial score (nSPS) is 26.4. The molecule has 1 aliphatic carbocycles. The highest BCUT2D eigenvalue weighted by Crippen LogP contribution is 2.34. The van der Waals surface area contributed by atoms with Crippen LogP contribution in [0.15, 0.2) is 18.2 Å². The molecule has 5 nitrogen and oxygen atoms in total. The molecule has 25 heavy (non-hydrogen) atoms. The quantitative estimate of drug-likeness (QED) is 0.856. The molecule has 0 spiro atoms. The van der Waals surface area contributed by atoms with Crippen LogP contribution < -0.4 is 5.32 Å². The van der Waals surface area contributed by atoms with E-state index < -0.39 is 5.60 Å². The second-order valence-corrected chi connectivity index (χ2v) is 8.39. The van der Waals surface area contributed by atoms with Gasteiger partial charge in [-0.25, -0.2) is 4.79 Å². The number of nitrogens with zero attached hydrogens (tertiary/aromatic N) is 1. The zero-order valence-corrected chi connectivity index (χ0v) is 15.7. The molecule has 3 unspecified atom stereocenters. The fraction of sp³-hybridized carbons (Fsp3) is 0.650. The van der Waals surface area contributed by atoms with Crippen molar-refractivity contribution in [1.29, 1.82) is 0 Å². The minimum Gasteiger partial charge on any atom is -0.508 e. The first-order chi connectivity index (χ1) is 11.7. The van der Waals surface area contributed by atoms with Gasteiger partial charge in [0.2, 0.25) is 0 Å². The fourth-order valence-corrected chi connectivity index (χ4v) is 3.98. The predicted octanol–water partition coefficient (Wildman–Crippen LogP) is 3.76. The summed E-state index contributed by atoms with van der Waals surface area (Å²) in [5.41, 5.74) is 2.10. The average Bonchev–Trinajstić information content (AvgIpc) is 2.87. The molecule has 1 amide bonds. The number of hydrogen-bond donors (Lipinski definition) is 2. The van der Waals surface area contributed by atoms with Gasteiger partial charge in [-0.2, -0.15) is 0 Å². The minimum absolute atomic E-state index is 0.168. The summed E-state index contributed by atoms with van der Waals surface area (Å²) >= 11 is 0. The van der Waals surface area contributed by atoms with Gasteiger partial charge in [0.25, 0.3) is 0 Å². The Morgan fingerprint density at radius 1 is 1.32 bits per heavy atom. The zero-order chi connectivity index (χ0) is 18.2. The molecule has 1 aliphatic heterocycles. The molecule has 0 aromatic heterocycles. The summed E-state index contributed by atoms with van der Waals surface area (Å²) in [7, 11) is 0. The summed E-state index contributed by atoms with van der Waals surface area (Å²) in [5.74, 6) is 0.346. The number of aromatic hydroxyl groups is 1. The number of ether oxygens (including phenoxy) is 1. The van der Waals surface area contributed by atoms with Crippen molar-refractivity contribution in [2.45, 2.75) is 77.1 Å². The largest absolute Gasteiger partial charge is 0.508 e. The van der Waals surface area contributed by atoms with Crippen LogP contribution in [0.5, 0.6) is 5.75 Å². The van der Waals surface area contributed by atoms with Gasteiger partial charge in [-0.15, -0.1) is 0 Å². The lowest BCUT2D eigenvalue weighted by Crippen LogP contribution is -2.51. The molecule has 1 saturated heterocycles. The van der Waals surface area contributed by atoms with Crippen molar-refractivity contribution >= 4 is 6.09 Å². The first-order valence-electron chi connectivity index (χ1n) is 9.30. The number of benzene rings is 1. The smallest absolute Gasteiger partial charge is 0.410 e. The second-order valence-electron chi connectivity index (χ2n) is 8.39. The molecule has 138 valence electrons. The lowest BCUT2D eigenvalue weighted by atomic mass is 9.97. The van der Waals surface area contributed by atoms with E-state index in [1.54, 1.807) is 6.07 Å². The van der Waals surface area contributed by atoms with E-state index in [9.17, 15) is 9.90 Å². The third kappa shape index (κ3) is 4.27. The van der Waals surface area contributed by atoms with Crippen molar-refractivity contribution in [2.75, 3.05) is 6.54 Å². The predicted molar refractivity (Wildman–Crippen MR) is 97.7 cm³/mol. The van der Waals surface area contributed by atoms with Crippen LogP contribution in [0.1, 0.15) is 64.1 Å². The van der Waals surface area contributed by atoms with Crippen LogP contribution in [-0.2, 0) is 11.2 Å². The van der Waals surface area contributed by atoms with Crippen LogP contribution in [0.2, 0.25) is 0 Å². The van der Waals surface area contributed by atoms with Crippen LogP contribution in [0.25, 0.3) is 0 Å². The molecule has 1 aromatic rings. The Balaban J connectivity index is 1.57. The van der Waals surface area contributed by atoms with Crippen molar-refractivity contribution in [3.05, 3.63) is 29.3 Å². The maximum atomic E-state index is 12.3. The van der Waals surface area contributed by atoms with E-state index in [1.807, 2.05) is 37.8 Å². The van der Waals surface area contributed by atoms with Crippen molar-refractivity contribution in [2.24, 2.45) is 0 Å². The second kappa shape index (κ2) is 6.87. The van der Waals surface area contributed by atoms with Crippen LogP contribution in [0.3, 0.4) is 0 Å². The van der Waals surface area contributed by atoms with Crippen LogP contribution >= 0.6 is 0 Å². The van der Waals surface area contributed by atoms with Crippen molar-refractivity contribution < 1.29 is 14.6 Å². The van der Waals surface area contributed by atoms with Gasteiger partial charge in [0, 0.05) is 24.7 Å². The highest BCUT2D eigenvalue weighted by molar-refractivity contribution is 5.68. The van der Waals surface area contributed by atoms with E-state index in [0.29, 0.717) is 17.8 Å². The Labute approximate surface area is 150 Å².